The van der Waals surface area contributed by atoms with Crippen molar-refractivity contribution in [3.05, 3.63) is 50.8 Å². The molecule has 1 heterocycles. The van der Waals surface area contributed by atoms with Crippen molar-refractivity contribution in [3.8, 4) is 11.4 Å². The molecule has 0 spiro atoms. The number of aromatic hydroxyl groups is 1. The number of phenolic OH excluding ortho intramolecular Hbond substituents is 1. The maximum atomic E-state index is 13.2. The lowest BCUT2D eigenvalue weighted by Gasteiger charge is -2.23. The van der Waals surface area contributed by atoms with Crippen LogP contribution in [0.5, 0.6) is 5.75 Å². The molecule has 1 fully saturated rings. The lowest BCUT2D eigenvalue weighted by molar-refractivity contribution is -0.141. The number of nitrogens with zero attached hydrogens (tertiary/aromatic N) is 1. The molecular weight excluding hydrogens is 407 g/mol. The van der Waals surface area contributed by atoms with Gasteiger partial charge in [-0.05, 0) is 44.4 Å². The maximum absolute atomic E-state index is 13.2. The molecule has 0 bridgehead atoms. The van der Waals surface area contributed by atoms with Crippen LogP contribution in [0.3, 0.4) is 0 Å². The summed E-state index contributed by atoms with van der Waals surface area (Å²) in [6.07, 6.45) is -5.31. The summed E-state index contributed by atoms with van der Waals surface area (Å²) in [5.41, 5.74) is 9.95. The Morgan fingerprint density at radius 2 is 1.86 bits per heavy atom. The Kier molecular flexibility index (Phi) is 5.73. The van der Waals surface area contributed by atoms with E-state index in [2.05, 4.69) is 0 Å². The van der Waals surface area contributed by atoms with E-state index in [0.717, 1.165) is 10.6 Å². The molecule has 0 atom stereocenters. The third kappa shape index (κ3) is 3.93. The first kappa shape index (κ1) is 22.7. The number of anilines is 1. The van der Waals surface area contributed by atoms with Gasteiger partial charge in [-0.25, -0.2) is 0 Å². The number of carbonyl (C=O) groups is 1. The van der Waals surface area contributed by atoms with Crippen molar-refractivity contribution in [1.29, 1.82) is 0 Å². The molecule has 1 aliphatic carbocycles. The van der Waals surface area contributed by atoms with Crippen LogP contribution in [0.15, 0.2) is 23.0 Å². The van der Waals surface area contributed by atoms with Gasteiger partial charge >= 0.3 is 6.18 Å². The number of nitrogen functional groups attached to an aromatic ring is 1. The zero-order valence-corrected chi connectivity index (χ0v) is 16.9. The van der Waals surface area contributed by atoms with Crippen LogP contribution in [0.2, 0.25) is 0 Å². The number of carbonyl (C=O) groups excluding carboxylic acids is 1. The standard InChI is InChI=1S/C19H20F3N3O3.H2S/c1-9-3-4-13(26)10(2)14(9)25-15(23)11(16(24)27)7-12(17(25)28)18(5-6-18)8-19(20,21)22;/h3-4,7,26H,5-6,8,23H2,1-2H3,(H2,24,27);1H2. The Labute approximate surface area is 171 Å². The van der Waals surface area contributed by atoms with Crippen molar-refractivity contribution >= 4 is 25.2 Å². The molecule has 29 heavy (non-hydrogen) atoms. The van der Waals surface area contributed by atoms with Gasteiger partial charge in [0.2, 0.25) is 0 Å². The van der Waals surface area contributed by atoms with E-state index in [1.165, 1.54) is 6.07 Å². The van der Waals surface area contributed by atoms with E-state index >= 15 is 0 Å². The molecule has 0 radical (unpaired) electrons. The van der Waals surface area contributed by atoms with E-state index in [4.69, 9.17) is 11.5 Å². The van der Waals surface area contributed by atoms with Crippen LogP contribution in [0.1, 0.15) is 46.3 Å². The predicted octanol–water partition coefficient (Wildman–Crippen LogP) is 2.94. The summed E-state index contributed by atoms with van der Waals surface area (Å²) in [7, 11) is 0. The first-order valence-corrected chi connectivity index (χ1v) is 8.60. The highest BCUT2D eigenvalue weighted by molar-refractivity contribution is 7.59. The van der Waals surface area contributed by atoms with Crippen LogP contribution in [0.4, 0.5) is 19.0 Å². The average Bonchev–Trinajstić information content (AvgIpc) is 3.32. The quantitative estimate of drug-likeness (QED) is 0.694. The average molecular weight is 429 g/mol. The Morgan fingerprint density at radius 1 is 1.28 bits per heavy atom. The number of benzene rings is 1. The molecule has 158 valence electrons. The van der Waals surface area contributed by atoms with E-state index in [-0.39, 0.29) is 54.7 Å². The summed E-state index contributed by atoms with van der Waals surface area (Å²) >= 11 is 0. The van der Waals surface area contributed by atoms with Gasteiger partial charge in [0.05, 0.1) is 17.7 Å². The first-order chi connectivity index (χ1) is 12.9. The number of rotatable bonds is 4. The van der Waals surface area contributed by atoms with Gasteiger partial charge in [0.25, 0.3) is 11.5 Å². The van der Waals surface area contributed by atoms with Crippen molar-refractivity contribution in [1.82, 2.24) is 4.57 Å². The van der Waals surface area contributed by atoms with Crippen LogP contribution >= 0.6 is 13.5 Å². The van der Waals surface area contributed by atoms with Crippen LogP contribution < -0.4 is 17.0 Å². The minimum absolute atomic E-state index is 0. The fraction of sp³-hybridized carbons (Fsp3) is 0.368. The van der Waals surface area contributed by atoms with Gasteiger partial charge in [-0.1, -0.05) is 6.07 Å². The lowest BCUT2D eigenvalue weighted by atomic mass is 9.91. The first-order valence-electron chi connectivity index (χ1n) is 8.60. The highest BCUT2D eigenvalue weighted by Crippen LogP contribution is 2.54. The fourth-order valence-corrected chi connectivity index (χ4v) is 3.67. The Bertz CT molecular complexity index is 1040. The SMILES string of the molecule is Cc1ccc(O)c(C)c1-n1c(N)c(C(N)=O)cc(C2(CC(F)(F)F)CC2)c1=O.S. The molecular formula is C19H22F3N3O3S. The van der Waals surface area contributed by atoms with Crippen LogP contribution in [-0.4, -0.2) is 21.8 Å². The summed E-state index contributed by atoms with van der Waals surface area (Å²) in [4.78, 5) is 25.1. The Morgan fingerprint density at radius 3 is 2.34 bits per heavy atom. The van der Waals surface area contributed by atoms with Crippen molar-refractivity contribution in [2.24, 2.45) is 5.73 Å². The van der Waals surface area contributed by atoms with Crippen molar-refractivity contribution in [3.63, 3.8) is 0 Å². The van der Waals surface area contributed by atoms with Crippen molar-refractivity contribution in [2.45, 2.75) is 44.7 Å². The number of amides is 1. The number of aryl methyl sites for hydroxylation is 1. The molecule has 1 saturated carbocycles. The number of aromatic nitrogens is 1. The van der Waals surface area contributed by atoms with Gasteiger partial charge in [0.1, 0.15) is 11.6 Å². The topological polar surface area (TPSA) is 111 Å². The summed E-state index contributed by atoms with van der Waals surface area (Å²) in [6.45, 7) is 3.20. The van der Waals surface area contributed by atoms with Crippen molar-refractivity contribution < 1.29 is 23.1 Å². The molecule has 0 aliphatic heterocycles. The van der Waals surface area contributed by atoms with Crippen molar-refractivity contribution in [2.75, 3.05) is 5.73 Å². The Hall–Kier alpha value is -2.62. The van der Waals surface area contributed by atoms with Gasteiger partial charge in [-0.3, -0.25) is 14.2 Å². The molecule has 1 amide bonds. The second-order valence-electron chi connectivity index (χ2n) is 7.31. The molecule has 2 aromatic rings. The molecule has 0 unspecified atom stereocenters. The van der Waals surface area contributed by atoms with Gasteiger partial charge < -0.3 is 16.6 Å². The summed E-state index contributed by atoms with van der Waals surface area (Å²) in [5.74, 6) is -1.35. The summed E-state index contributed by atoms with van der Waals surface area (Å²) in [5, 5.41) is 10.0. The molecule has 5 N–H and O–H groups in total. The van der Waals surface area contributed by atoms with E-state index < -0.39 is 29.5 Å². The van der Waals surface area contributed by atoms with Crippen LogP contribution in [-0.2, 0) is 5.41 Å². The highest BCUT2D eigenvalue weighted by Gasteiger charge is 2.53. The molecule has 3 rings (SSSR count). The predicted molar refractivity (Wildman–Crippen MR) is 108 cm³/mol. The smallest absolute Gasteiger partial charge is 0.389 e. The van der Waals surface area contributed by atoms with E-state index in [1.54, 1.807) is 19.9 Å². The molecule has 1 aliphatic rings. The minimum atomic E-state index is -4.47. The second-order valence-corrected chi connectivity index (χ2v) is 7.31. The zero-order chi connectivity index (χ0) is 21.0. The largest absolute Gasteiger partial charge is 0.508 e. The number of nitrogens with two attached hydrogens (primary N) is 2. The molecule has 1 aromatic heterocycles. The summed E-state index contributed by atoms with van der Waals surface area (Å²) in [6, 6.07) is 4.06. The number of alkyl halides is 3. The maximum Gasteiger partial charge on any atom is 0.389 e. The normalized spacial score (nSPS) is 14.9. The number of hydrogen-bond acceptors (Lipinski definition) is 4. The number of phenols is 1. The monoisotopic (exact) mass is 429 g/mol. The van der Waals surface area contributed by atoms with Crippen LogP contribution in [0, 0.1) is 13.8 Å². The number of pyridine rings is 1. The zero-order valence-electron chi connectivity index (χ0n) is 15.9. The second kappa shape index (κ2) is 7.33. The van der Waals surface area contributed by atoms with E-state index in [0.29, 0.717) is 11.1 Å². The van der Waals surface area contributed by atoms with Gasteiger partial charge in [0, 0.05) is 16.5 Å². The molecule has 10 heteroatoms. The van der Waals surface area contributed by atoms with Gasteiger partial charge in [0.15, 0.2) is 0 Å². The molecule has 1 aromatic carbocycles. The third-order valence-corrected chi connectivity index (χ3v) is 5.30. The lowest BCUT2D eigenvalue weighted by Crippen LogP contribution is -2.34. The third-order valence-electron chi connectivity index (χ3n) is 5.30. The highest BCUT2D eigenvalue weighted by atomic mass is 32.1. The van der Waals surface area contributed by atoms with E-state index in [1.807, 2.05) is 0 Å². The molecule has 0 saturated heterocycles. The number of hydrogen-bond donors (Lipinski definition) is 3. The van der Waals surface area contributed by atoms with Gasteiger partial charge in [-0.2, -0.15) is 26.7 Å². The minimum Gasteiger partial charge on any atom is -0.508 e. The molecule has 6 nitrogen and oxygen atoms in total. The summed E-state index contributed by atoms with van der Waals surface area (Å²) < 4.78 is 40.3. The fourth-order valence-electron chi connectivity index (χ4n) is 3.67. The van der Waals surface area contributed by atoms with Gasteiger partial charge in [-0.15, -0.1) is 0 Å². The number of halogens is 3. The number of primary amides is 1. The van der Waals surface area contributed by atoms with Crippen LogP contribution in [0.25, 0.3) is 5.69 Å². The van der Waals surface area contributed by atoms with E-state index in [9.17, 15) is 27.9 Å². The Balaban J connectivity index is 0.00000300.